The fraction of sp³-hybridized carbons (Fsp3) is 0.0294. The van der Waals surface area contributed by atoms with Gasteiger partial charge < -0.3 is 9.13 Å². The Morgan fingerprint density at radius 2 is 0.641 bits per heavy atom. The summed E-state index contributed by atoms with van der Waals surface area (Å²) in [5.74, 6) is 3.41. The summed E-state index contributed by atoms with van der Waals surface area (Å²) in [6.07, 6.45) is 0. The largest absolute Gasteiger partial charge is 0.309 e. The van der Waals surface area contributed by atoms with Crippen LogP contribution in [0.15, 0.2) is 231 Å². The SMILES string of the molecule is Cc1cc(-c2cc(-n3c4ccccc4c4ccc(-c5nc(-c6ccccc6)nc(-c6ccccc6)n5)cc43)c(C#N)cc2-n2c3ccccc3c3ccc(-c4nc(-c5ccccc5)nc(-c5ccccc5)n4)cc32)cc(C)n1. The molecule has 5 heterocycles. The van der Waals surface area contributed by atoms with E-state index < -0.39 is 0 Å². The minimum Gasteiger partial charge on any atom is -0.309 e. The maximum atomic E-state index is 11.6. The maximum absolute atomic E-state index is 11.6. The van der Waals surface area contributed by atoms with Crippen molar-refractivity contribution >= 4 is 43.6 Å². The first kappa shape index (κ1) is 45.8. The van der Waals surface area contributed by atoms with Gasteiger partial charge in [0.1, 0.15) is 6.07 Å². The Kier molecular flexibility index (Phi) is 11.1. The number of rotatable bonds is 9. The topological polar surface area (TPSA) is 124 Å². The molecule has 0 aliphatic heterocycles. The van der Waals surface area contributed by atoms with Gasteiger partial charge in [-0.1, -0.05) is 182 Å². The Bertz CT molecular complexity index is 4560. The van der Waals surface area contributed by atoms with E-state index >= 15 is 0 Å². The number of nitriles is 1. The minimum absolute atomic E-state index is 0.488. The first-order valence-electron chi connectivity index (χ1n) is 25.8. The number of hydrogen-bond donors (Lipinski definition) is 0. The molecule has 14 aromatic rings. The van der Waals surface area contributed by atoms with E-state index in [1.165, 1.54) is 0 Å². The quantitative estimate of drug-likeness (QED) is 0.140. The average Bonchev–Trinajstić information content (AvgIpc) is 4.18. The van der Waals surface area contributed by atoms with Gasteiger partial charge in [-0.05, 0) is 67.9 Å². The second-order valence-electron chi connectivity index (χ2n) is 19.4. The first-order chi connectivity index (χ1) is 38.4. The lowest BCUT2D eigenvalue weighted by atomic mass is 9.98. The molecule has 0 bridgehead atoms. The molecule has 10 heteroatoms. The Labute approximate surface area is 449 Å². The molecule has 0 fully saturated rings. The lowest BCUT2D eigenvalue weighted by molar-refractivity contribution is 1.07. The van der Waals surface area contributed by atoms with Gasteiger partial charge in [0.05, 0.1) is 39.0 Å². The van der Waals surface area contributed by atoms with Crippen LogP contribution in [0.5, 0.6) is 0 Å². The molecule has 0 spiro atoms. The summed E-state index contributed by atoms with van der Waals surface area (Å²) in [7, 11) is 0. The van der Waals surface area contributed by atoms with E-state index in [2.05, 4.69) is 112 Å². The molecule has 5 aromatic heterocycles. The average molecular weight is 1000 g/mol. The van der Waals surface area contributed by atoms with Crippen molar-refractivity contribution in [1.29, 1.82) is 5.26 Å². The summed E-state index contributed by atoms with van der Waals surface area (Å²) < 4.78 is 4.51. The van der Waals surface area contributed by atoms with Crippen LogP contribution < -0.4 is 0 Å². The molecule has 0 amide bonds. The number of aryl methyl sites for hydroxylation is 2. The van der Waals surface area contributed by atoms with Crippen LogP contribution in [0.3, 0.4) is 0 Å². The van der Waals surface area contributed by atoms with Gasteiger partial charge in [-0.2, -0.15) is 5.26 Å². The van der Waals surface area contributed by atoms with Crippen molar-refractivity contribution < 1.29 is 0 Å². The van der Waals surface area contributed by atoms with Crippen molar-refractivity contribution in [3.63, 3.8) is 0 Å². The molecular formula is C68H44N10. The fourth-order valence-electron chi connectivity index (χ4n) is 10.9. The smallest absolute Gasteiger partial charge is 0.164 e. The monoisotopic (exact) mass is 1000 g/mol. The summed E-state index contributed by atoms with van der Waals surface area (Å²) in [4.78, 5) is 35.3. The molecule has 10 nitrogen and oxygen atoms in total. The standard InChI is InChI=1S/C68H44N10/c1-42-35-50(36-43(2)70-42)56-40-59(77-57-29-17-15-27-52(57)54-33-31-48(37-60(54)77)67-73-63(44-19-7-3-8-20-44)71-64(74-67)45-21-9-4-10-22-45)51(41-69)39-62(56)78-58-30-18-16-28-53(58)55-34-32-49(38-61(55)78)68-75-65(46-23-11-5-12-24-46)72-66(76-68)47-25-13-6-14-26-47/h3-40H,1-2H3. The van der Waals surface area contributed by atoms with Crippen molar-refractivity contribution in [2.24, 2.45) is 0 Å². The van der Waals surface area contributed by atoms with E-state index in [1.807, 2.05) is 147 Å². The zero-order valence-corrected chi connectivity index (χ0v) is 42.4. The molecule has 0 atom stereocenters. The van der Waals surface area contributed by atoms with E-state index in [-0.39, 0.29) is 0 Å². The van der Waals surface area contributed by atoms with Crippen LogP contribution in [-0.4, -0.2) is 44.0 Å². The molecule has 0 radical (unpaired) electrons. The summed E-state index contributed by atoms with van der Waals surface area (Å²) >= 11 is 0. The lowest BCUT2D eigenvalue weighted by Gasteiger charge is -2.19. The molecule has 0 aliphatic rings. The summed E-state index contributed by atoms with van der Waals surface area (Å²) in [5.41, 5.74) is 14.7. The first-order valence-corrected chi connectivity index (χ1v) is 25.8. The van der Waals surface area contributed by atoms with Gasteiger partial charge in [0, 0.05) is 71.9 Å². The Balaban J connectivity index is 1.01. The van der Waals surface area contributed by atoms with E-state index in [9.17, 15) is 5.26 Å². The molecule has 9 aromatic carbocycles. The van der Waals surface area contributed by atoms with Crippen molar-refractivity contribution in [3.8, 4) is 96.9 Å². The van der Waals surface area contributed by atoms with Crippen LogP contribution in [0.2, 0.25) is 0 Å². The van der Waals surface area contributed by atoms with Gasteiger partial charge >= 0.3 is 0 Å². The maximum Gasteiger partial charge on any atom is 0.164 e. The van der Waals surface area contributed by atoms with Gasteiger partial charge in [-0.15, -0.1) is 0 Å². The van der Waals surface area contributed by atoms with E-state index in [0.717, 1.165) is 111 Å². The number of aromatic nitrogens is 9. The van der Waals surface area contributed by atoms with Gasteiger partial charge in [0.25, 0.3) is 0 Å². The van der Waals surface area contributed by atoms with Crippen LogP contribution in [0.4, 0.5) is 0 Å². The van der Waals surface area contributed by atoms with Crippen molar-refractivity contribution in [1.82, 2.24) is 44.0 Å². The molecule has 0 saturated carbocycles. The number of nitrogens with zero attached hydrogens (tertiary/aromatic N) is 10. The molecule has 0 saturated heterocycles. The van der Waals surface area contributed by atoms with Crippen LogP contribution in [0.25, 0.3) is 134 Å². The van der Waals surface area contributed by atoms with Gasteiger partial charge in [-0.25, -0.2) is 29.9 Å². The highest BCUT2D eigenvalue weighted by Gasteiger charge is 2.24. The number of para-hydroxylation sites is 2. The number of hydrogen-bond acceptors (Lipinski definition) is 8. The van der Waals surface area contributed by atoms with Gasteiger partial charge in [0.2, 0.25) is 0 Å². The Morgan fingerprint density at radius 3 is 1.04 bits per heavy atom. The van der Waals surface area contributed by atoms with E-state index in [1.54, 1.807) is 0 Å². The third-order valence-electron chi connectivity index (χ3n) is 14.4. The van der Waals surface area contributed by atoms with Gasteiger partial charge in [0.15, 0.2) is 34.9 Å². The van der Waals surface area contributed by atoms with Crippen LogP contribution in [-0.2, 0) is 0 Å². The summed E-state index contributed by atoms with van der Waals surface area (Å²) in [5, 5.41) is 15.8. The zero-order chi connectivity index (χ0) is 52.3. The van der Waals surface area contributed by atoms with Crippen molar-refractivity contribution in [2.45, 2.75) is 13.8 Å². The molecule has 0 N–H and O–H groups in total. The molecule has 78 heavy (non-hydrogen) atoms. The summed E-state index contributed by atoms with van der Waals surface area (Å²) in [6.45, 7) is 4.05. The fourth-order valence-corrected chi connectivity index (χ4v) is 10.9. The normalized spacial score (nSPS) is 11.4. The molecule has 366 valence electrons. The van der Waals surface area contributed by atoms with Crippen molar-refractivity contribution in [2.75, 3.05) is 0 Å². The predicted molar refractivity (Wildman–Crippen MR) is 312 cm³/mol. The van der Waals surface area contributed by atoms with Crippen molar-refractivity contribution in [3.05, 3.63) is 247 Å². The highest BCUT2D eigenvalue weighted by atomic mass is 15.1. The lowest BCUT2D eigenvalue weighted by Crippen LogP contribution is -2.05. The molecule has 14 rings (SSSR count). The van der Waals surface area contributed by atoms with Crippen LogP contribution in [0, 0.1) is 25.2 Å². The Morgan fingerprint density at radius 1 is 0.295 bits per heavy atom. The summed E-state index contributed by atoms with van der Waals surface area (Å²) in [6, 6.07) is 80.8. The second-order valence-corrected chi connectivity index (χ2v) is 19.4. The van der Waals surface area contributed by atoms with Crippen LogP contribution >= 0.6 is 0 Å². The number of pyridine rings is 1. The molecular weight excluding hydrogens is 957 g/mol. The third kappa shape index (κ3) is 8.02. The van der Waals surface area contributed by atoms with Crippen LogP contribution in [0.1, 0.15) is 17.0 Å². The highest BCUT2D eigenvalue weighted by Crippen LogP contribution is 2.43. The minimum atomic E-state index is 0.488. The number of fused-ring (bicyclic) bond motifs is 6. The second kappa shape index (κ2) is 18.9. The Hall–Kier alpha value is -10.8. The highest BCUT2D eigenvalue weighted by molar-refractivity contribution is 6.12. The van der Waals surface area contributed by atoms with Gasteiger partial charge in [-0.3, -0.25) is 4.98 Å². The predicted octanol–water partition coefficient (Wildman–Crippen LogP) is 15.8. The zero-order valence-electron chi connectivity index (χ0n) is 42.4. The third-order valence-corrected chi connectivity index (χ3v) is 14.4. The molecule has 0 unspecified atom stereocenters. The van der Waals surface area contributed by atoms with E-state index in [4.69, 9.17) is 34.9 Å². The number of benzene rings is 9. The molecule has 0 aliphatic carbocycles. The van der Waals surface area contributed by atoms with E-state index in [0.29, 0.717) is 40.5 Å².